The molecule has 0 aliphatic heterocycles. The van der Waals surface area contributed by atoms with E-state index in [9.17, 15) is 14.7 Å². The van der Waals surface area contributed by atoms with Crippen LogP contribution in [0, 0.1) is 0 Å². The van der Waals surface area contributed by atoms with Crippen LogP contribution in [-0.4, -0.2) is 29.7 Å². The number of amides is 2. The van der Waals surface area contributed by atoms with Crippen molar-refractivity contribution in [3.05, 3.63) is 42.5 Å². The standard InChI is InChI=1S/C12H13N3O3/c1-2-7-13-11(17)12(18)15-14-8-9-5-3-4-6-10(9)16/h2-6,8,16H,1,7H2,(H,13,17)(H,15,18). The van der Waals surface area contributed by atoms with E-state index in [4.69, 9.17) is 0 Å². The van der Waals surface area contributed by atoms with Crippen LogP contribution < -0.4 is 10.7 Å². The summed E-state index contributed by atoms with van der Waals surface area (Å²) in [6.07, 6.45) is 2.70. The van der Waals surface area contributed by atoms with Crippen LogP contribution in [0.1, 0.15) is 5.56 Å². The fourth-order valence-corrected chi connectivity index (χ4v) is 1.05. The van der Waals surface area contributed by atoms with Crippen LogP contribution >= 0.6 is 0 Å². The molecule has 0 saturated heterocycles. The van der Waals surface area contributed by atoms with Crippen LogP contribution in [0.5, 0.6) is 5.75 Å². The van der Waals surface area contributed by atoms with E-state index in [1.165, 1.54) is 18.4 Å². The average molecular weight is 247 g/mol. The Bertz CT molecular complexity index is 483. The summed E-state index contributed by atoms with van der Waals surface area (Å²) in [5.74, 6) is -1.65. The number of phenolic OH excluding ortho intramolecular Hbond substituents is 1. The lowest BCUT2D eigenvalue weighted by molar-refractivity contribution is -0.139. The number of benzene rings is 1. The summed E-state index contributed by atoms with van der Waals surface area (Å²) in [5, 5.41) is 15.3. The molecule has 3 N–H and O–H groups in total. The quantitative estimate of drug-likeness (QED) is 0.306. The molecule has 1 rings (SSSR count). The third kappa shape index (κ3) is 4.09. The number of nitrogens with one attached hydrogen (secondary N) is 2. The van der Waals surface area contributed by atoms with Gasteiger partial charge in [-0.15, -0.1) is 6.58 Å². The maximum Gasteiger partial charge on any atom is 0.329 e. The summed E-state index contributed by atoms with van der Waals surface area (Å²) < 4.78 is 0. The fourth-order valence-electron chi connectivity index (χ4n) is 1.05. The highest BCUT2D eigenvalue weighted by atomic mass is 16.3. The molecular formula is C12H13N3O3. The van der Waals surface area contributed by atoms with Gasteiger partial charge in [-0.3, -0.25) is 9.59 Å². The number of hydrogen-bond donors (Lipinski definition) is 3. The van der Waals surface area contributed by atoms with E-state index in [0.29, 0.717) is 5.56 Å². The molecule has 0 aliphatic rings. The Hall–Kier alpha value is -2.63. The molecule has 0 spiro atoms. The van der Waals surface area contributed by atoms with Gasteiger partial charge in [-0.1, -0.05) is 18.2 Å². The van der Waals surface area contributed by atoms with Crippen LogP contribution in [0.25, 0.3) is 0 Å². The predicted octanol–water partition coefficient (Wildman–Crippen LogP) is 0.144. The Labute approximate surface area is 104 Å². The molecular weight excluding hydrogens is 234 g/mol. The highest BCUT2D eigenvalue weighted by Gasteiger charge is 2.10. The second-order valence-corrected chi connectivity index (χ2v) is 3.26. The maximum absolute atomic E-state index is 11.2. The minimum atomic E-state index is -0.886. The van der Waals surface area contributed by atoms with E-state index in [2.05, 4.69) is 17.0 Å². The summed E-state index contributed by atoms with van der Waals surface area (Å²) in [7, 11) is 0. The molecule has 6 nitrogen and oxygen atoms in total. The van der Waals surface area contributed by atoms with Crippen molar-refractivity contribution < 1.29 is 14.7 Å². The Morgan fingerprint density at radius 1 is 1.33 bits per heavy atom. The molecule has 0 unspecified atom stereocenters. The van der Waals surface area contributed by atoms with Gasteiger partial charge in [0, 0.05) is 12.1 Å². The Morgan fingerprint density at radius 2 is 2.06 bits per heavy atom. The van der Waals surface area contributed by atoms with E-state index < -0.39 is 11.8 Å². The minimum Gasteiger partial charge on any atom is -0.507 e. The number of hydrazone groups is 1. The van der Waals surface area contributed by atoms with Gasteiger partial charge in [0.2, 0.25) is 0 Å². The third-order valence-electron chi connectivity index (χ3n) is 1.92. The van der Waals surface area contributed by atoms with Crippen molar-refractivity contribution in [1.82, 2.24) is 10.7 Å². The Balaban J connectivity index is 2.50. The van der Waals surface area contributed by atoms with Crippen molar-refractivity contribution >= 4 is 18.0 Å². The van der Waals surface area contributed by atoms with Crippen molar-refractivity contribution in [2.75, 3.05) is 6.54 Å². The van der Waals surface area contributed by atoms with Crippen LogP contribution in [0.4, 0.5) is 0 Å². The van der Waals surface area contributed by atoms with Gasteiger partial charge in [0.15, 0.2) is 0 Å². The average Bonchev–Trinajstić information content (AvgIpc) is 2.38. The van der Waals surface area contributed by atoms with Crippen LogP contribution in [0.3, 0.4) is 0 Å². The molecule has 1 aromatic carbocycles. The highest BCUT2D eigenvalue weighted by Crippen LogP contribution is 2.12. The molecule has 94 valence electrons. The van der Waals surface area contributed by atoms with Gasteiger partial charge in [0.1, 0.15) is 5.75 Å². The molecule has 0 aromatic heterocycles. The molecule has 1 aromatic rings. The van der Waals surface area contributed by atoms with Gasteiger partial charge in [-0.25, -0.2) is 5.43 Å². The molecule has 18 heavy (non-hydrogen) atoms. The SMILES string of the molecule is C=CCNC(=O)C(=O)NN=Cc1ccccc1O. The Kier molecular flexibility index (Phi) is 5.11. The van der Waals surface area contributed by atoms with E-state index in [1.54, 1.807) is 18.2 Å². The molecule has 2 amide bonds. The fraction of sp³-hybridized carbons (Fsp3) is 0.0833. The molecule has 0 atom stereocenters. The molecule has 0 bridgehead atoms. The molecule has 0 saturated carbocycles. The zero-order chi connectivity index (χ0) is 13.4. The van der Waals surface area contributed by atoms with E-state index in [-0.39, 0.29) is 12.3 Å². The normalized spacial score (nSPS) is 10.0. The van der Waals surface area contributed by atoms with Crippen molar-refractivity contribution in [3.63, 3.8) is 0 Å². The van der Waals surface area contributed by atoms with Gasteiger partial charge in [-0.2, -0.15) is 5.10 Å². The van der Waals surface area contributed by atoms with Gasteiger partial charge in [0.05, 0.1) is 6.21 Å². The number of nitrogens with zero attached hydrogens (tertiary/aromatic N) is 1. The number of carbonyl (C=O) groups is 2. The molecule has 6 heteroatoms. The van der Waals surface area contributed by atoms with Gasteiger partial charge < -0.3 is 10.4 Å². The lowest BCUT2D eigenvalue weighted by Crippen LogP contribution is -2.37. The topological polar surface area (TPSA) is 90.8 Å². The minimum absolute atomic E-state index is 0.0339. The summed E-state index contributed by atoms with van der Waals surface area (Å²) in [6, 6.07) is 6.47. The molecule has 0 heterocycles. The summed E-state index contributed by atoms with van der Waals surface area (Å²) in [4.78, 5) is 22.3. The lowest BCUT2D eigenvalue weighted by atomic mass is 10.2. The summed E-state index contributed by atoms with van der Waals surface area (Å²) in [6.45, 7) is 3.60. The maximum atomic E-state index is 11.2. The number of rotatable bonds is 4. The first kappa shape index (κ1) is 13.4. The second kappa shape index (κ2) is 6.85. The number of aromatic hydroxyl groups is 1. The zero-order valence-corrected chi connectivity index (χ0v) is 9.59. The first-order chi connectivity index (χ1) is 8.65. The monoisotopic (exact) mass is 247 g/mol. The summed E-state index contributed by atoms with van der Waals surface area (Å²) in [5.41, 5.74) is 2.47. The number of carbonyl (C=O) groups excluding carboxylic acids is 2. The largest absolute Gasteiger partial charge is 0.507 e. The lowest BCUT2D eigenvalue weighted by Gasteiger charge is -2.00. The van der Waals surface area contributed by atoms with E-state index >= 15 is 0 Å². The van der Waals surface area contributed by atoms with Crippen molar-refractivity contribution in [2.24, 2.45) is 5.10 Å². The summed E-state index contributed by atoms with van der Waals surface area (Å²) >= 11 is 0. The first-order valence-corrected chi connectivity index (χ1v) is 5.15. The second-order valence-electron chi connectivity index (χ2n) is 3.26. The number of para-hydroxylation sites is 1. The molecule has 0 fully saturated rings. The van der Waals surface area contributed by atoms with Crippen molar-refractivity contribution in [2.45, 2.75) is 0 Å². The van der Waals surface area contributed by atoms with Crippen LogP contribution in [0.2, 0.25) is 0 Å². The highest BCUT2D eigenvalue weighted by molar-refractivity contribution is 6.35. The van der Waals surface area contributed by atoms with Gasteiger partial charge >= 0.3 is 11.8 Å². The van der Waals surface area contributed by atoms with Crippen LogP contribution in [-0.2, 0) is 9.59 Å². The first-order valence-electron chi connectivity index (χ1n) is 5.15. The van der Waals surface area contributed by atoms with Gasteiger partial charge in [-0.05, 0) is 12.1 Å². The predicted molar refractivity (Wildman–Crippen MR) is 67.1 cm³/mol. The van der Waals surface area contributed by atoms with Crippen molar-refractivity contribution in [1.29, 1.82) is 0 Å². The van der Waals surface area contributed by atoms with E-state index in [1.807, 2.05) is 5.43 Å². The zero-order valence-electron chi connectivity index (χ0n) is 9.59. The van der Waals surface area contributed by atoms with Crippen molar-refractivity contribution in [3.8, 4) is 5.75 Å². The van der Waals surface area contributed by atoms with Crippen LogP contribution in [0.15, 0.2) is 42.0 Å². The molecule has 0 aliphatic carbocycles. The Morgan fingerprint density at radius 3 is 2.72 bits per heavy atom. The molecule has 0 radical (unpaired) electrons. The third-order valence-corrected chi connectivity index (χ3v) is 1.92. The smallest absolute Gasteiger partial charge is 0.329 e. The van der Waals surface area contributed by atoms with E-state index in [0.717, 1.165) is 0 Å². The number of hydrogen-bond acceptors (Lipinski definition) is 4. The van der Waals surface area contributed by atoms with Gasteiger partial charge in [0.25, 0.3) is 0 Å². The number of phenols is 1.